The van der Waals surface area contributed by atoms with Crippen LogP contribution in [0.2, 0.25) is 0 Å². The Morgan fingerprint density at radius 2 is 2.15 bits per heavy atom. The third-order valence-corrected chi connectivity index (χ3v) is 3.84. The lowest BCUT2D eigenvalue weighted by Gasteiger charge is -2.28. The Labute approximate surface area is 117 Å². The van der Waals surface area contributed by atoms with Crippen molar-refractivity contribution in [3.8, 4) is 0 Å². The van der Waals surface area contributed by atoms with Crippen molar-refractivity contribution in [1.82, 2.24) is 4.98 Å². The summed E-state index contributed by atoms with van der Waals surface area (Å²) in [5.74, 6) is 0.514. The fourth-order valence-electron chi connectivity index (χ4n) is 1.61. The predicted molar refractivity (Wildman–Crippen MR) is 77.8 cm³/mol. The van der Waals surface area contributed by atoms with Gasteiger partial charge in [-0.1, -0.05) is 27.7 Å². The topological polar surface area (TPSA) is 81.2 Å². The molecule has 0 aliphatic heterocycles. The van der Waals surface area contributed by atoms with Crippen LogP contribution in [-0.2, 0) is 0 Å². The van der Waals surface area contributed by atoms with Crippen molar-refractivity contribution in [3.63, 3.8) is 0 Å². The van der Waals surface area contributed by atoms with Crippen LogP contribution >= 0.6 is 0 Å². The molecule has 0 aliphatic rings. The molecular weight excluding hydrogens is 258 g/mol. The summed E-state index contributed by atoms with van der Waals surface area (Å²) in [5.41, 5.74) is 1.14. The zero-order valence-corrected chi connectivity index (χ0v) is 12.1. The van der Waals surface area contributed by atoms with Gasteiger partial charge in [0.05, 0.1) is 11.0 Å². The van der Waals surface area contributed by atoms with Crippen LogP contribution in [-0.4, -0.2) is 16.5 Å². The van der Waals surface area contributed by atoms with Gasteiger partial charge in [0.2, 0.25) is 0 Å². The lowest BCUT2D eigenvalue weighted by Crippen LogP contribution is -2.28. The summed E-state index contributed by atoms with van der Waals surface area (Å²) in [5, 5.41) is 13.9. The van der Waals surface area contributed by atoms with Crippen molar-refractivity contribution in [3.05, 3.63) is 28.3 Å². The molecule has 1 aromatic heterocycles. The number of benzene rings is 1. The average Bonchev–Trinajstić information content (AvgIpc) is 2.77. The molecule has 0 saturated carbocycles. The van der Waals surface area contributed by atoms with Crippen molar-refractivity contribution >= 4 is 22.8 Å². The smallest absolute Gasteiger partial charge is 0.295 e. The van der Waals surface area contributed by atoms with E-state index in [0.717, 1.165) is 6.54 Å². The monoisotopic (exact) mass is 277 g/mol. The van der Waals surface area contributed by atoms with Gasteiger partial charge >= 0.3 is 0 Å². The van der Waals surface area contributed by atoms with Gasteiger partial charge in [-0.05, 0) is 17.4 Å². The summed E-state index contributed by atoms with van der Waals surface area (Å²) in [6, 6.07) is 4.80. The summed E-state index contributed by atoms with van der Waals surface area (Å²) in [7, 11) is 0. The number of non-ortho nitro benzene ring substituents is 1. The highest BCUT2D eigenvalue weighted by Crippen LogP contribution is 2.28. The molecule has 0 unspecified atom stereocenters. The van der Waals surface area contributed by atoms with Crippen LogP contribution in [0.4, 0.5) is 11.7 Å². The largest absolute Gasteiger partial charge is 0.423 e. The second-order valence-corrected chi connectivity index (χ2v) is 5.92. The lowest BCUT2D eigenvalue weighted by molar-refractivity contribution is -0.384. The zero-order valence-electron chi connectivity index (χ0n) is 12.1. The first-order valence-electron chi connectivity index (χ1n) is 6.58. The minimum absolute atomic E-state index is 0.00251. The lowest BCUT2D eigenvalue weighted by atomic mass is 9.81. The van der Waals surface area contributed by atoms with Crippen LogP contribution in [0.5, 0.6) is 0 Å². The molecule has 1 heterocycles. The molecule has 0 aliphatic carbocycles. The highest BCUT2D eigenvalue weighted by atomic mass is 16.6. The number of aromatic nitrogens is 1. The van der Waals surface area contributed by atoms with Crippen LogP contribution in [0, 0.1) is 21.4 Å². The number of hydrogen-bond donors (Lipinski definition) is 1. The highest BCUT2D eigenvalue weighted by Gasteiger charge is 2.23. The van der Waals surface area contributed by atoms with E-state index in [1.807, 2.05) is 0 Å². The Morgan fingerprint density at radius 1 is 1.45 bits per heavy atom. The third kappa shape index (κ3) is 2.89. The molecule has 0 bridgehead atoms. The van der Waals surface area contributed by atoms with Crippen LogP contribution in [0.15, 0.2) is 22.6 Å². The molecule has 2 aromatic rings. The first-order chi connectivity index (χ1) is 9.29. The van der Waals surface area contributed by atoms with E-state index in [2.05, 4.69) is 38.0 Å². The maximum Gasteiger partial charge on any atom is 0.295 e. The molecule has 2 rings (SSSR count). The summed E-state index contributed by atoms with van der Waals surface area (Å²) < 4.78 is 5.51. The molecule has 0 spiro atoms. The molecule has 0 atom stereocenters. The second kappa shape index (κ2) is 5.11. The molecule has 0 amide bonds. The van der Waals surface area contributed by atoms with Crippen molar-refractivity contribution in [2.75, 3.05) is 11.9 Å². The molecule has 20 heavy (non-hydrogen) atoms. The van der Waals surface area contributed by atoms with Crippen molar-refractivity contribution < 1.29 is 9.34 Å². The number of hydrogen-bond acceptors (Lipinski definition) is 5. The number of fused-ring (bicyclic) bond motifs is 1. The van der Waals surface area contributed by atoms with Gasteiger partial charge in [-0.25, -0.2) is 0 Å². The van der Waals surface area contributed by atoms with Gasteiger partial charge in [0.1, 0.15) is 5.52 Å². The molecule has 0 saturated heterocycles. The highest BCUT2D eigenvalue weighted by molar-refractivity contribution is 5.77. The summed E-state index contributed by atoms with van der Waals surface area (Å²) >= 11 is 0. The first-order valence-corrected chi connectivity index (χ1v) is 6.58. The van der Waals surface area contributed by atoms with Gasteiger partial charge in [0.15, 0.2) is 5.58 Å². The van der Waals surface area contributed by atoms with Crippen LogP contribution in [0.25, 0.3) is 11.1 Å². The standard InChI is InChI=1S/C14H19N3O3/c1-9(2)14(3,4)8-15-13-16-11-6-5-10(17(18)19)7-12(11)20-13/h5-7,9H,8H2,1-4H3,(H,15,16). The molecule has 6 heteroatoms. The summed E-state index contributed by atoms with van der Waals surface area (Å²) in [4.78, 5) is 14.5. The van der Waals surface area contributed by atoms with Crippen LogP contribution in [0.1, 0.15) is 27.7 Å². The van der Waals surface area contributed by atoms with Crippen LogP contribution < -0.4 is 5.32 Å². The van der Waals surface area contributed by atoms with Gasteiger partial charge in [0, 0.05) is 12.6 Å². The Bertz CT molecular complexity index is 632. The number of nitro benzene ring substituents is 1. The van der Waals surface area contributed by atoms with Gasteiger partial charge < -0.3 is 9.73 Å². The van der Waals surface area contributed by atoms with E-state index in [1.54, 1.807) is 6.07 Å². The Kier molecular flexibility index (Phi) is 3.65. The molecule has 6 nitrogen and oxygen atoms in total. The quantitative estimate of drug-likeness (QED) is 0.663. The Balaban J connectivity index is 2.18. The van der Waals surface area contributed by atoms with Crippen LogP contribution in [0.3, 0.4) is 0 Å². The minimum Gasteiger partial charge on any atom is -0.423 e. The summed E-state index contributed by atoms with van der Waals surface area (Å²) in [6.07, 6.45) is 0. The first kappa shape index (κ1) is 14.3. The third-order valence-electron chi connectivity index (χ3n) is 3.84. The molecule has 0 fully saturated rings. The maximum atomic E-state index is 10.7. The van der Waals surface area contributed by atoms with E-state index in [-0.39, 0.29) is 11.1 Å². The zero-order chi connectivity index (χ0) is 14.9. The average molecular weight is 277 g/mol. The number of nitrogens with zero attached hydrogens (tertiary/aromatic N) is 2. The number of nitro groups is 1. The maximum absolute atomic E-state index is 10.7. The SMILES string of the molecule is CC(C)C(C)(C)CNc1nc2ccc([N+](=O)[O-])cc2o1. The second-order valence-electron chi connectivity index (χ2n) is 5.92. The molecular formula is C14H19N3O3. The van der Waals surface area contributed by atoms with E-state index in [1.165, 1.54) is 12.1 Å². The fraction of sp³-hybridized carbons (Fsp3) is 0.500. The summed E-state index contributed by atoms with van der Waals surface area (Å²) in [6.45, 7) is 9.38. The molecule has 1 aromatic carbocycles. The number of nitrogens with one attached hydrogen (secondary N) is 1. The molecule has 108 valence electrons. The predicted octanol–water partition coefficient (Wildman–Crippen LogP) is 3.83. The van der Waals surface area contributed by atoms with Crippen molar-refractivity contribution in [2.24, 2.45) is 11.3 Å². The molecule has 0 radical (unpaired) electrons. The number of rotatable bonds is 5. The minimum atomic E-state index is -0.447. The van der Waals surface area contributed by atoms with Gasteiger partial charge in [-0.2, -0.15) is 4.98 Å². The Morgan fingerprint density at radius 3 is 2.75 bits per heavy atom. The molecule has 1 N–H and O–H groups in total. The number of oxazole rings is 1. The van der Waals surface area contributed by atoms with Gasteiger partial charge in [-0.3, -0.25) is 10.1 Å². The van der Waals surface area contributed by atoms with E-state index in [0.29, 0.717) is 23.0 Å². The van der Waals surface area contributed by atoms with Gasteiger partial charge in [0.25, 0.3) is 11.7 Å². The Hall–Kier alpha value is -2.11. The normalized spacial score (nSPS) is 12.1. The number of anilines is 1. The van der Waals surface area contributed by atoms with E-state index >= 15 is 0 Å². The van der Waals surface area contributed by atoms with Crippen molar-refractivity contribution in [2.45, 2.75) is 27.7 Å². The van der Waals surface area contributed by atoms with E-state index in [4.69, 9.17) is 4.42 Å². The van der Waals surface area contributed by atoms with Gasteiger partial charge in [-0.15, -0.1) is 0 Å². The van der Waals surface area contributed by atoms with E-state index < -0.39 is 4.92 Å². The van der Waals surface area contributed by atoms with Crippen molar-refractivity contribution in [1.29, 1.82) is 0 Å². The fourth-order valence-corrected chi connectivity index (χ4v) is 1.61. The van der Waals surface area contributed by atoms with E-state index in [9.17, 15) is 10.1 Å².